The Kier molecular flexibility index (Phi) is 2.25. The molecule has 0 saturated heterocycles. The standard InChI is InChI=1S/C11H11N3O/c1-14-6-2-3-9(11(14)15)8-4-5-10(12)13-7-8/h2-7H,1H3,(H2,12,13). The molecule has 76 valence electrons. The fourth-order valence-corrected chi connectivity index (χ4v) is 1.38. The van der Waals surface area contributed by atoms with Crippen LogP contribution < -0.4 is 11.3 Å². The van der Waals surface area contributed by atoms with Crippen molar-refractivity contribution in [1.82, 2.24) is 9.55 Å². The number of aryl methyl sites for hydroxylation is 1. The van der Waals surface area contributed by atoms with Crippen molar-refractivity contribution in [2.24, 2.45) is 7.05 Å². The van der Waals surface area contributed by atoms with Gasteiger partial charge in [0.15, 0.2) is 0 Å². The Bertz CT molecular complexity index is 528. The first-order valence-electron chi connectivity index (χ1n) is 4.56. The molecule has 2 heterocycles. The van der Waals surface area contributed by atoms with E-state index in [1.807, 2.05) is 6.07 Å². The van der Waals surface area contributed by atoms with Crippen molar-refractivity contribution >= 4 is 5.82 Å². The van der Waals surface area contributed by atoms with Gasteiger partial charge in [0.05, 0.1) is 0 Å². The molecular formula is C11H11N3O. The van der Waals surface area contributed by atoms with Crippen LogP contribution in [-0.2, 0) is 7.05 Å². The van der Waals surface area contributed by atoms with Crippen LogP contribution in [0.5, 0.6) is 0 Å². The molecule has 0 atom stereocenters. The van der Waals surface area contributed by atoms with E-state index in [2.05, 4.69) is 4.98 Å². The molecule has 15 heavy (non-hydrogen) atoms. The molecule has 2 aromatic rings. The molecule has 0 saturated carbocycles. The maximum absolute atomic E-state index is 11.8. The minimum absolute atomic E-state index is 0.0379. The molecule has 0 spiro atoms. The lowest BCUT2D eigenvalue weighted by Crippen LogP contribution is -2.17. The Hall–Kier alpha value is -2.10. The number of pyridine rings is 2. The Morgan fingerprint density at radius 3 is 2.80 bits per heavy atom. The van der Waals surface area contributed by atoms with E-state index in [-0.39, 0.29) is 5.56 Å². The van der Waals surface area contributed by atoms with Crippen molar-refractivity contribution in [1.29, 1.82) is 0 Å². The van der Waals surface area contributed by atoms with Gasteiger partial charge in [-0.05, 0) is 24.3 Å². The molecule has 0 aromatic carbocycles. The van der Waals surface area contributed by atoms with Gasteiger partial charge in [-0.3, -0.25) is 4.79 Å². The summed E-state index contributed by atoms with van der Waals surface area (Å²) in [6, 6.07) is 7.07. The fourth-order valence-electron chi connectivity index (χ4n) is 1.38. The highest BCUT2D eigenvalue weighted by Gasteiger charge is 2.03. The second-order valence-electron chi connectivity index (χ2n) is 3.31. The molecule has 2 rings (SSSR count). The number of rotatable bonds is 1. The minimum Gasteiger partial charge on any atom is -0.384 e. The summed E-state index contributed by atoms with van der Waals surface area (Å²) in [4.78, 5) is 15.7. The predicted molar refractivity (Wildman–Crippen MR) is 59.3 cm³/mol. The van der Waals surface area contributed by atoms with E-state index < -0.39 is 0 Å². The third-order valence-corrected chi connectivity index (χ3v) is 2.22. The van der Waals surface area contributed by atoms with Gasteiger partial charge in [-0.15, -0.1) is 0 Å². The summed E-state index contributed by atoms with van der Waals surface area (Å²) in [5.41, 5.74) is 6.86. The highest BCUT2D eigenvalue weighted by molar-refractivity contribution is 5.62. The average molecular weight is 201 g/mol. The molecule has 0 bridgehead atoms. The maximum atomic E-state index is 11.8. The van der Waals surface area contributed by atoms with Crippen molar-refractivity contribution in [2.75, 3.05) is 5.73 Å². The smallest absolute Gasteiger partial charge is 0.258 e. The summed E-state index contributed by atoms with van der Waals surface area (Å²) < 4.78 is 1.53. The monoisotopic (exact) mass is 201 g/mol. The lowest BCUT2D eigenvalue weighted by molar-refractivity contribution is 0.863. The summed E-state index contributed by atoms with van der Waals surface area (Å²) in [5, 5.41) is 0. The molecule has 0 fully saturated rings. The number of hydrogen-bond donors (Lipinski definition) is 1. The quantitative estimate of drug-likeness (QED) is 0.749. The fraction of sp³-hybridized carbons (Fsp3) is 0.0909. The first-order chi connectivity index (χ1) is 7.18. The van der Waals surface area contributed by atoms with Crippen LogP contribution in [0.2, 0.25) is 0 Å². The van der Waals surface area contributed by atoms with Gasteiger partial charge in [-0.25, -0.2) is 4.98 Å². The first kappa shape index (κ1) is 9.45. The van der Waals surface area contributed by atoms with Crippen LogP contribution in [0.1, 0.15) is 0 Å². The summed E-state index contributed by atoms with van der Waals surface area (Å²) in [5.74, 6) is 0.450. The van der Waals surface area contributed by atoms with Crippen LogP contribution in [-0.4, -0.2) is 9.55 Å². The molecule has 4 nitrogen and oxygen atoms in total. The third kappa shape index (κ3) is 1.74. The predicted octanol–water partition coefficient (Wildman–Crippen LogP) is 1.03. The van der Waals surface area contributed by atoms with Gasteiger partial charge in [0.1, 0.15) is 5.82 Å². The third-order valence-electron chi connectivity index (χ3n) is 2.22. The lowest BCUT2D eigenvalue weighted by atomic mass is 10.1. The van der Waals surface area contributed by atoms with Crippen LogP contribution in [0.3, 0.4) is 0 Å². The number of nitrogen functional groups attached to an aromatic ring is 1. The molecule has 0 unspecified atom stereocenters. The maximum Gasteiger partial charge on any atom is 0.258 e. The van der Waals surface area contributed by atoms with E-state index in [0.717, 1.165) is 5.56 Å². The summed E-state index contributed by atoms with van der Waals surface area (Å²) in [6.45, 7) is 0. The van der Waals surface area contributed by atoms with Crippen LogP contribution in [0, 0.1) is 0 Å². The van der Waals surface area contributed by atoms with Gasteiger partial charge < -0.3 is 10.3 Å². The van der Waals surface area contributed by atoms with Crippen molar-refractivity contribution in [3.63, 3.8) is 0 Å². The number of hydrogen-bond acceptors (Lipinski definition) is 3. The lowest BCUT2D eigenvalue weighted by Gasteiger charge is -2.02. The topological polar surface area (TPSA) is 60.9 Å². The van der Waals surface area contributed by atoms with Gasteiger partial charge >= 0.3 is 0 Å². The zero-order valence-electron chi connectivity index (χ0n) is 8.34. The largest absolute Gasteiger partial charge is 0.384 e. The molecule has 0 aliphatic carbocycles. The summed E-state index contributed by atoms with van der Waals surface area (Å²) >= 11 is 0. The Morgan fingerprint density at radius 2 is 2.13 bits per heavy atom. The molecule has 0 aliphatic rings. The molecule has 0 aliphatic heterocycles. The zero-order chi connectivity index (χ0) is 10.8. The molecule has 2 N–H and O–H groups in total. The van der Waals surface area contributed by atoms with Crippen molar-refractivity contribution < 1.29 is 0 Å². The van der Waals surface area contributed by atoms with E-state index in [4.69, 9.17) is 5.73 Å². The molecule has 0 amide bonds. The van der Waals surface area contributed by atoms with Gasteiger partial charge in [0.2, 0.25) is 0 Å². The number of nitrogens with zero attached hydrogens (tertiary/aromatic N) is 2. The first-order valence-corrected chi connectivity index (χ1v) is 4.56. The SMILES string of the molecule is Cn1cccc(-c2ccc(N)nc2)c1=O. The summed E-state index contributed by atoms with van der Waals surface area (Å²) in [6.07, 6.45) is 3.32. The normalized spacial score (nSPS) is 10.2. The van der Waals surface area contributed by atoms with E-state index in [1.54, 1.807) is 37.6 Å². The van der Waals surface area contributed by atoms with Crippen LogP contribution >= 0.6 is 0 Å². The average Bonchev–Trinajstić information content (AvgIpc) is 2.24. The van der Waals surface area contributed by atoms with Gasteiger partial charge in [-0.1, -0.05) is 0 Å². The second kappa shape index (κ2) is 3.57. The Morgan fingerprint density at radius 1 is 1.33 bits per heavy atom. The highest BCUT2D eigenvalue weighted by Crippen LogP contribution is 2.14. The number of anilines is 1. The molecular weight excluding hydrogens is 190 g/mol. The van der Waals surface area contributed by atoms with Crippen LogP contribution in [0.25, 0.3) is 11.1 Å². The Labute approximate surface area is 87.0 Å². The van der Waals surface area contributed by atoms with Crippen LogP contribution in [0.15, 0.2) is 41.5 Å². The second-order valence-corrected chi connectivity index (χ2v) is 3.31. The van der Waals surface area contributed by atoms with Gasteiger partial charge in [0, 0.05) is 30.6 Å². The minimum atomic E-state index is -0.0379. The number of aromatic nitrogens is 2. The van der Waals surface area contributed by atoms with Gasteiger partial charge in [0.25, 0.3) is 5.56 Å². The molecule has 0 radical (unpaired) electrons. The summed E-state index contributed by atoms with van der Waals surface area (Å²) in [7, 11) is 1.72. The van der Waals surface area contributed by atoms with Crippen LogP contribution in [0.4, 0.5) is 5.82 Å². The Balaban J connectivity index is 2.59. The molecule has 4 heteroatoms. The van der Waals surface area contributed by atoms with E-state index in [0.29, 0.717) is 11.4 Å². The van der Waals surface area contributed by atoms with Crippen molar-refractivity contribution in [3.8, 4) is 11.1 Å². The molecule has 2 aromatic heterocycles. The number of nitrogens with two attached hydrogens (primary N) is 1. The highest BCUT2D eigenvalue weighted by atomic mass is 16.1. The van der Waals surface area contributed by atoms with E-state index >= 15 is 0 Å². The van der Waals surface area contributed by atoms with E-state index in [1.165, 1.54) is 4.57 Å². The van der Waals surface area contributed by atoms with Crippen molar-refractivity contribution in [3.05, 3.63) is 47.0 Å². The van der Waals surface area contributed by atoms with E-state index in [9.17, 15) is 4.79 Å². The zero-order valence-corrected chi connectivity index (χ0v) is 8.34. The van der Waals surface area contributed by atoms with Crippen molar-refractivity contribution in [2.45, 2.75) is 0 Å². The van der Waals surface area contributed by atoms with Gasteiger partial charge in [-0.2, -0.15) is 0 Å².